The second-order valence-electron chi connectivity index (χ2n) is 3.37. The molecule has 0 saturated carbocycles. The van der Waals surface area contributed by atoms with Crippen LogP contribution in [0.4, 0.5) is 0 Å². The number of nitrogens with zero attached hydrogens (tertiary/aromatic N) is 1. The van der Waals surface area contributed by atoms with Crippen molar-refractivity contribution in [1.29, 1.82) is 0 Å². The van der Waals surface area contributed by atoms with E-state index in [1.165, 1.54) is 10.6 Å². The summed E-state index contributed by atoms with van der Waals surface area (Å²) in [6.45, 7) is 0. The maximum Gasteiger partial charge on any atom is 0.254 e. The topological polar surface area (TPSA) is 31.2 Å². The zero-order chi connectivity index (χ0) is 11.5. The highest BCUT2D eigenvalue weighted by molar-refractivity contribution is 6.32. The van der Waals surface area contributed by atoms with Crippen LogP contribution in [-0.4, -0.2) is 19.5 Å². The molecule has 2 radical (unpaired) electrons. The van der Waals surface area contributed by atoms with Crippen LogP contribution in [0.5, 0.6) is 5.75 Å². The van der Waals surface area contributed by atoms with Gasteiger partial charge in [0, 0.05) is 18.0 Å². The fraction of sp³-hybridized carbons (Fsp3) is 0.0833. The predicted molar refractivity (Wildman–Crippen MR) is 64.0 cm³/mol. The summed E-state index contributed by atoms with van der Waals surface area (Å²) in [7, 11) is 7.24. The number of ether oxygens (including phenoxy) is 1. The molecule has 0 unspecified atom stereocenters. The lowest BCUT2D eigenvalue weighted by Gasteiger charge is -2.07. The van der Waals surface area contributed by atoms with Gasteiger partial charge >= 0.3 is 0 Å². The highest BCUT2D eigenvalue weighted by Crippen LogP contribution is 2.12. The molecule has 2 aromatic rings. The minimum absolute atomic E-state index is 0.112. The molecule has 3 nitrogen and oxygen atoms in total. The van der Waals surface area contributed by atoms with Gasteiger partial charge in [-0.25, -0.2) is 0 Å². The Morgan fingerprint density at radius 2 is 1.81 bits per heavy atom. The summed E-state index contributed by atoms with van der Waals surface area (Å²) in [6.07, 6.45) is 1.60. The molecular weight excluding hydrogens is 201 g/mol. The van der Waals surface area contributed by atoms with E-state index in [1.807, 2.05) is 0 Å². The molecule has 16 heavy (non-hydrogen) atoms. The first-order chi connectivity index (χ1) is 7.70. The standard InChI is InChI=1S/C12H10BNO2/c1-16-11-5-3-10(4-6-11)14-8-9(13)2-7-12(14)15/h2-8H,1H3. The Hall–Kier alpha value is -1.97. The Kier molecular flexibility index (Phi) is 2.81. The van der Waals surface area contributed by atoms with Crippen LogP contribution in [0.25, 0.3) is 5.69 Å². The van der Waals surface area contributed by atoms with E-state index in [1.54, 1.807) is 43.6 Å². The lowest BCUT2D eigenvalue weighted by Crippen LogP contribution is -2.21. The summed E-state index contributed by atoms with van der Waals surface area (Å²) < 4.78 is 6.54. The van der Waals surface area contributed by atoms with Crippen molar-refractivity contribution in [2.75, 3.05) is 7.11 Å². The summed E-state index contributed by atoms with van der Waals surface area (Å²) in [5, 5.41) is 0. The monoisotopic (exact) mass is 211 g/mol. The summed E-state index contributed by atoms with van der Waals surface area (Å²) in [5.41, 5.74) is 1.20. The fourth-order valence-corrected chi connectivity index (χ4v) is 1.45. The normalized spacial score (nSPS) is 10.1. The first kappa shape index (κ1) is 10.5. The number of pyridine rings is 1. The summed E-state index contributed by atoms with van der Waals surface area (Å²) in [6, 6.07) is 10.2. The summed E-state index contributed by atoms with van der Waals surface area (Å²) in [4.78, 5) is 11.6. The van der Waals surface area contributed by atoms with Crippen LogP contribution in [0, 0.1) is 0 Å². The molecule has 0 aliphatic heterocycles. The van der Waals surface area contributed by atoms with Gasteiger partial charge < -0.3 is 4.74 Å². The molecule has 0 amide bonds. The summed E-state index contributed by atoms with van der Waals surface area (Å²) in [5.74, 6) is 0.751. The minimum Gasteiger partial charge on any atom is -0.497 e. The molecule has 0 bridgehead atoms. The first-order valence-electron chi connectivity index (χ1n) is 4.83. The Bertz CT molecular complexity index is 546. The van der Waals surface area contributed by atoms with E-state index < -0.39 is 0 Å². The van der Waals surface area contributed by atoms with E-state index in [0.29, 0.717) is 5.46 Å². The van der Waals surface area contributed by atoms with E-state index in [2.05, 4.69) is 0 Å². The average Bonchev–Trinajstić information content (AvgIpc) is 2.32. The lowest BCUT2D eigenvalue weighted by atomic mass is 9.99. The van der Waals surface area contributed by atoms with Gasteiger partial charge in [-0.1, -0.05) is 11.5 Å². The summed E-state index contributed by atoms with van der Waals surface area (Å²) >= 11 is 0. The Balaban J connectivity index is 2.50. The van der Waals surface area contributed by atoms with Crippen LogP contribution >= 0.6 is 0 Å². The van der Waals surface area contributed by atoms with Gasteiger partial charge in [-0.2, -0.15) is 0 Å². The molecular formula is C12H10BNO2. The lowest BCUT2D eigenvalue weighted by molar-refractivity contribution is 0.414. The minimum atomic E-state index is -0.112. The zero-order valence-corrected chi connectivity index (χ0v) is 8.88. The molecule has 0 aliphatic carbocycles. The number of benzene rings is 1. The molecule has 1 aromatic heterocycles. The number of rotatable bonds is 2. The van der Waals surface area contributed by atoms with E-state index in [4.69, 9.17) is 12.6 Å². The molecule has 4 heteroatoms. The number of hydrogen-bond donors (Lipinski definition) is 0. The SMILES string of the molecule is [B]c1ccc(=O)n(-c2ccc(OC)cc2)c1. The molecule has 0 fully saturated rings. The van der Waals surface area contributed by atoms with Crippen molar-refractivity contribution in [2.45, 2.75) is 0 Å². The second-order valence-corrected chi connectivity index (χ2v) is 3.37. The van der Waals surface area contributed by atoms with Crippen molar-refractivity contribution in [2.24, 2.45) is 0 Å². The van der Waals surface area contributed by atoms with E-state index in [-0.39, 0.29) is 5.56 Å². The van der Waals surface area contributed by atoms with Gasteiger partial charge in [0.25, 0.3) is 5.56 Å². The molecule has 0 N–H and O–H groups in total. The third kappa shape index (κ3) is 2.01. The Morgan fingerprint density at radius 3 is 2.44 bits per heavy atom. The van der Waals surface area contributed by atoms with Crippen molar-refractivity contribution < 1.29 is 4.74 Å². The number of methoxy groups -OCH3 is 1. The van der Waals surface area contributed by atoms with E-state index >= 15 is 0 Å². The predicted octanol–water partition coefficient (Wildman–Crippen LogP) is 0.640. The van der Waals surface area contributed by atoms with Gasteiger partial charge in [-0.3, -0.25) is 9.36 Å². The molecule has 0 saturated heterocycles. The van der Waals surface area contributed by atoms with Crippen LogP contribution in [-0.2, 0) is 0 Å². The van der Waals surface area contributed by atoms with Gasteiger partial charge in [-0.05, 0) is 24.3 Å². The fourth-order valence-electron chi connectivity index (χ4n) is 1.45. The smallest absolute Gasteiger partial charge is 0.254 e. The molecule has 1 aromatic carbocycles. The van der Waals surface area contributed by atoms with Crippen LogP contribution in [0.3, 0.4) is 0 Å². The van der Waals surface area contributed by atoms with Crippen LogP contribution in [0.2, 0.25) is 0 Å². The number of aromatic nitrogens is 1. The molecule has 2 rings (SSSR count). The maximum atomic E-state index is 11.6. The second kappa shape index (κ2) is 4.27. The van der Waals surface area contributed by atoms with Crippen molar-refractivity contribution in [3.63, 3.8) is 0 Å². The van der Waals surface area contributed by atoms with Crippen LogP contribution < -0.4 is 15.8 Å². The molecule has 0 atom stereocenters. The van der Waals surface area contributed by atoms with Gasteiger partial charge in [0.1, 0.15) is 13.6 Å². The molecule has 0 aliphatic rings. The maximum absolute atomic E-state index is 11.6. The van der Waals surface area contributed by atoms with Crippen LogP contribution in [0.1, 0.15) is 0 Å². The Morgan fingerprint density at radius 1 is 1.12 bits per heavy atom. The van der Waals surface area contributed by atoms with Crippen molar-refractivity contribution in [1.82, 2.24) is 4.57 Å². The largest absolute Gasteiger partial charge is 0.497 e. The van der Waals surface area contributed by atoms with Crippen molar-refractivity contribution >= 4 is 13.3 Å². The van der Waals surface area contributed by atoms with E-state index in [9.17, 15) is 4.79 Å². The zero-order valence-electron chi connectivity index (χ0n) is 8.88. The van der Waals surface area contributed by atoms with Gasteiger partial charge in [0.05, 0.1) is 7.11 Å². The van der Waals surface area contributed by atoms with Crippen molar-refractivity contribution in [3.05, 3.63) is 52.9 Å². The first-order valence-corrected chi connectivity index (χ1v) is 4.83. The highest BCUT2D eigenvalue weighted by atomic mass is 16.5. The van der Waals surface area contributed by atoms with Gasteiger partial charge in [-0.15, -0.1) is 0 Å². The third-order valence-corrected chi connectivity index (χ3v) is 2.28. The average molecular weight is 211 g/mol. The quantitative estimate of drug-likeness (QED) is 0.682. The molecule has 0 spiro atoms. The van der Waals surface area contributed by atoms with Gasteiger partial charge in [0.2, 0.25) is 0 Å². The van der Waals surface area contributed by atoms with Crippen molar-refractivity contribution in [3.8, 4) is 11.4 Å². The third-order valence-electron chi connectivity index (χ3n) is 2.28. The highest BCUT2D eigenvalue weighted by Gasteiger charge is 1.99. The number of hydrogen-bond acceptors (Lipinski definition) is 2. The van der Waals surface area contributed by atoms with Crippen LogP contribution in [0.15, 0.2) is 47.4 Å². The Labute approximate surface area is 94.7 Å². The molecule has 1 heterocycles. The van der Waals surface area contributed by atoms with E-state index in [0.717, 1.165) is 11.4 Å². The van der Waals surface area contributed by atoms with Gasteiger partial charge in [0.15, 0.2) is 0 Å². The molecule has 78 valence electrons.